The van der Waals surface area contributed by atoms with Crippen molar-refractivity contribution in [3.8, 4) is 17.0 Å². The Morgan fingerprint density at radius 1 is 1.18 bits per heavy atom. The van der Waals surface area contributed by atoms with Crippen molar-refractivity contribution in [3.63, 3.8) is 0 Å². The van der Waals surface area contributed by atoms with Gasteiger partial charge in [-0.15, -0.1) is 0 Å². The Balaban J connectivity index is 1.32. The molecule has 1 aliphatic heterocycles. The summed E-state index contributed by atoms with van der Waals surface area (Å²) in [5, 5.41) is 12.4. The first-order valence-electron chi connectivity index (χ1n) is 15.7. The van der Waals surface area contributed by atoms with Crippen LogP contribution >= 0.6 is 11.6 Å². The van der Waals surface area contributed by atoms with Gasteiger partial charge in [-0.2, -0.15) is 13.2 Å². The molecule has 2 atom stereocenters. The highest BCUT2D eigenvalue weighted by molar-refractivity contribution is 6.30. The molecule has 1 aliphatic carbocycles. The number of hydrogen-bond acceptors (Lipinski definition) is 9. The number of hydrogen-bond donors (Lipinski definition) is 3. The van der Waals surface area contributed by atoms with E-state index in [-0.39, 0.29) is 40.2 Å². The third kappa shape index (κ3) is 6.62. The SMILES string of the molecule is COc1cc(C(=O)Nc2cc(C(F)(F)F)ccn2)ccc1-c1nc([C@H]2CN(C3CCC(C)(C(=O)O)CC3)[C@@H](C)CO2)n2c(Cl)cnc(N)c12. The molecule has 16 heteroatoms. The summed E-state index contributed by atoms with van der Waals surface area (Å²) in [5.41, 5.74) is 6.04. The van der Waals surface area contributed by atoms with Crippen molar-refractivity contribution in [2.75, 3.05) is 31.3 Å². The van der Waals surface area contributed by atoms with Crippen molar-refractivity contribution in [2.24, 2.45) is 5.41 Å². The van der Waals surface area contributed by atoms with Gasteiger partial charge in [0, 0.05) is 36.0 Å². The van der Waals surface area contributed by atoms with Gasteiger partial charge in [-0.3, -0.25) is 18.9 Å². The van der Waals surface area contributed by atoms with Crippen LogP contribution in [0.3, 0.4) is 0 Å². The normalized spacial score (nSPS) is 23.4. The number of aliphatic carboxylic acids is 1. The maximum Gasteiger partial charge on any atom is 0.416 e. The van der Waals surface area contributed by atoms with E-state index in [0.717, 1.165) is 31.2 Å². The molecule has 2 fully saturated rings. The van der Waals surface area contributed by atoms with E-state index in [1.54, 1.807) is 17.4 Å². The van der Waals surface area contributed by atoms with E-state index in [9.17, 15) is 27.9 Å². The number of nitrogen functional groups attached to an aromatic ring is 1. The molecule has 4 aromatic rings. The number of pyridine rings is 1. The fraction of sp³-hybridized carbons (Fsp3) is 0.424. The highest BCUT2D eigenvalue weighted by atomic mass is 35.5. The smallest absolute Gasteiger partial charge is 0.416 e. The van der Waals surface area contributed by atoms with Gasteiger partial charge in [-0.1, -0.05) is 11.6 Å². The summed E-state index contributed by atoms with van der Waals surface area (Å²) < 4.78 is 53.2. The summed E-state index contributed by atoms with van der Waals surface area (Å²) in [6.45, 7) is 4.77. The Hall–Kier alpha value is -4.47. The predicted octanol–water partition coefficient (Wildman–Crippen LogP) is 6.10. The number of morpholine rings is 1. The van der Waals surface area contributed by atoms with E-state index in [4.69, 9.17) is 31.8 Å². The molecule has 0 spiro atoms. The number of anilines is 2. The van der Waals surface area contributed by atoms with Crippen LogP contribution < -0.4 is 15.8 Å². The number of nitrogens with two attached hydrogens (primary N) is 1. The number of carboxylic acid groups (broad SMARTS) is 1. The number of nitrogens with one attached hydrogen (secondary N) is 1. The highest BCUT2D eigenvalue weighted by Crippen LogP contribution is 2.42. The monoisotopic (exact) mass is 701 g/mol. The van der Waals surface area contributed by atoms with Crippen LogP contribution in [0.1, 0.15) is 67.4 Å². The summed E-state index contributed by atoms with van der Waals surface area (Å²) in [6, 6.07) is 6.34. The number of carbonyl (C=O) groups is 2. The van der Waals surface area contributed by atoms with Crippen molar-refractivity contribution in [1.29, 1.82) is 0 Å². The van der Waals surface area contributed by atoms with Crippen LogP contribution in [0.4, 0.5) is 24.8 Å². The van der Waals surface area contributed by atoms with Crippen LogP contribution in [0.15, 0.2) is 42.7 Å². The highest BCUT2D eigenvalue weighted by Gasteiger charge is 2.42. The predicted molar refractivity (Wildman–Crippen MR) is 174 cm³/mol. The van der Waals surface area contributed by atoms with Gasteiger partial charge < -0.3 is 25.6 Å². The number of alkyl halides is 3. The van der Waals surface area contributed by atoms with E-state index in [2.05, 4.69) is 27.1 Å². The van der Waals surface area contributed by atoms with Gasteiger partial charge in [0.1, 0.15) is 45.7 Å². The molecule has 260 valence electrons. The van der Waals surface area contributed by atoms with Crippen LogP contribution in [-0.4, -0.2) is 73.6 Å². The number of methoxy groups -OCH3 is 1. The Morgan fingerprint density at radius 2 is 1.92 bits per heavy atom. The Morgan fingerprint density at radius 3 is 2.59 bits per heavy atom. The zero-order chi connectivity index (χ0) is 35.2. The van der Waals surface area contributed by atoms with Gasteiger partial charge in [0.2, 0.25) is 0 Å². The van der Waals surface area contributed by atoms with Gasteiger partial charge >= 0.3 is 12.1 Å². The molecule has 1 amide bonds. The lowest BCUT2D eigenvalue weighted by atomic mass is 9.73. The van der Waals surface area contributed by atoms with Crippen molar-refractivity contribution >= 4 is 40.6 Å². The van der Waals surface area contributed by atoms with Gasteiger partial charge in [0.25, 0.3) is 5.91 Å². The number of halogens is 4. The molecule has 1 aromatic carbocycles. The van der Waals surface area contributed by atoms with Crippen LogP contribution in [0, 0.1) is 5.41 Å². The third-order valence-corrected chi connectivity index (χ3v) is 9.80. The number of carboxylic acids is 1. The maximum atomic E-state index is 13.2. The van der Waals surface area contributed by atoms with E-state index in [1.165, 1.54) is 25.4 Å². The van der Waals surface area contributed by atoms with E-state index in [1.807, 2.05) is 0 Å². The number of amides is 1. The number of rotatable bonds is 7. The summed E-state index contributed by atoms with van der Waals surface area (Å²) >= 11 is 6.71. The quantitative estimate of drug-likeness (QED) is 0.206. The lowest BCUT2D eigenvalue weighted by Gasteiger charge is -2.46. The molecule has 1 saturated carbocycles. The minimum atomic E-state index is -4.60. The molecule has 1 saturated heterocycles. The zero-order valence-electron chi connectivity index (χ0n) is 26.9. The van der Waals surface area contributed by atoms with Crippen molar-refractivity contribution in [1.82, 2.24) is 24.3 Å². The summed E-state index contributed by atoms with van der Waals surface area (Å²) in [6.07, 6.45) is -0.0979. The maximum absolute atomic E-state index is 13.2. The van der Waals surface area contributed by atoms with Gasteiger partial charge in [0.05, 0.1) is 30.9 Å². The molecule has 2 aliphatic rings. The van der Waals surface area contributed by atoms with Crippen LogP contribution in [0.2, 0.25) is 5.15 Å². The molecule has 4 N–H and O–H groups in total. The van der Waals surface area contributed by atoms with Crippen molar-refractivity contribution in [3.05, 3.63) is 64.8 Å². The standard InChI is InChI=1S/C33H35ClF3N7O5/c1-17-16-49-23(15-43(17)20-6-9-32(2,10-7-20)31(46)47)29-42-26(27-28(38)40-14-24(34)44(27)29)21-5-4-18(12-22(21)48-3)30(45)41-25-13-19(8-11-39-25)33(35,36)37/h4-5,8,11-14,17,20,23H,6-7,9-10,15-16H2,1-3H3,(H2,38,40)(H,46,47)(H,39,41,45)/t17-,20?,23+,32?/m0/s1. The minimum absolute atomic E-state index is 0.0910. The lowest BCUT2D eigenvalue weighted by Crippen LogP contribution is -2.52. The van der Waals surface area contributed by atoms with E-state index < -0.39 is 35.1 Å². The second kappa shape index (κ2) is 13.1. The number of ether oxygens (including phenoxy) is 2. The Labute approximate surface area is 284 Å². The number of nitrogens with zero attached hydrogens (tertiary/aromatic N) is 5. The number of benzene rings is 1. The van der Waals surface area contributed by atoms with Crippen LogP contribution in [0.5, 0.6) is 5.75 Å². The van der Waals surface area contributed by atoms with E-state index in [0.29, 0.717) is 48.6 Å². The van der Waals surface area contributed by atoms with Crippen molar-refractivity contribution < 1.29 is 37.3 Å². The van der Waals surface area contributed by atoms with Gasteiger partial charge in [-0.05, 0) is 69.9 Å². The molecule has 3 aromatic heterocycles. The minimum Gasteiger partial charge on any atom is -0.496 e. The summed E-state index contributed by atoms with van der Waals surface area (Å²) in [5.74, 6) is -0.883. The molecule has 0 radical (unpaired) electrons. The Bertz CT molecular complexity index is 1910. The zero-order valence-corrected chi connectivity index (χ0v) is 27.7. The van der Waals surface area contributed by atoms with Crippen LogP contribution in [-0.2, 0) is 15.7 Å². The fourth-order valence-electron chi connectivity index (χ4n) is 6.65. The molecule has 4 heterocycles. The Kier molecular flexibility index (Phi) is 9.19. The van der Waals surface area contributed by atoms with E-state index >= 15 is 0 Å². The molecule has 6 rings (SSSR count). The molecular weight excluding hydrogens is 667 g/mol. The second-order valence-electron chi connectivity index (χ2n) is 12.7. The summed E-state index contributed by atoms with van der Waals surface area (Å²) in [7, 11) is 1.41. The molecule has 0 unspecified atom stereocenters. The molecule has 0 bridgehead atoms. The van der Waals surface area contributed by atoms with Crippen LogP contribution in [0.25, 0.3) is 16.8 Å². The average Bonchev–Trinajstić information content (AvgIpc) is 3.48. The first-order valence-corrected chi connectivity index (χ1v) is 16.0. The number of aromatic nitrogens is 4. The number of imidazole rings is 1. The topological polar surface area (TPSA) is 157 Å². The van der Waals surface area contributed by atoms with Gasteiger partial charge in [0.15, 0.2) is 0 Å². The summed E-state index contributed by atoms with van der Waals surface area (Å²) in [4.78, 5) is 40.3. The third-order valence-electron chi connectivity index (χ3n) is 9.53. The lowest BCUT2D eigenvalue weighted by molar-refractivity contribution is -0.151. The first-order chi connectivity index (χ1) is 23.2. The number of carbonyl (C=O) groups excluding carboxylic acids is 1. The molecule has 12 nitrogen and oxygen atoms in total. The average molecular weight is 702 g/mol. The second-order valence-corrected chi connectivity index (χ2v) is 13.1. The molecular formula is C33H35ClF3N7O5. The van der Waals surface area contributed by atoms with Gasteiger partial charge in [-0.25, -0.2) is 15.0 Å². The first kappa shape index (κ1) is 34.4. The number of fused-ring (bicyclic) bond motifs is 1. The van der Waals surface area contributed by atoms with Crippen molar-refractivity contribution in [2.45, 2.75) is 63.9 Å². The largest absolute Gasteiger partial charge is 0.496 e. The molecule has 49 heavy (non-hydrogen) atoms. The fourth-order valence-corrected chi connectivity index (χ4v) is 6.87.